The molecule has 1 unspecified atom stereocenters. The van der Waals surface area contributed by atoms with Crippen LogP contribution in [-0.2, 0) is 4.79 Å². The fourth-order valence-corrected chi connectivity index (χ4v) is 2.15. The zero-order valence-electron chi connectivity index (χ0n) is 10.2. The van der Waals surface area contributed by atoms with Gasteiger partial charge in [0, 0.05) is 26.1 Å². The van der Waals surface area contributed by atoms with Crippen molar-refractivity contribution in [2.75, 3.05) is 19.6 Å². The van der Waals surface area contributed by atoms with Crippen molar-refractivity contribution >= 4 is 5.91 Å². The third-order valence-corrected chi connectivity index (χ3v) is 3.01. The zero-order chi connectivity index (χ0) is 11.8. The molecule has 0 heterocycles. The standard InChI is InChI=1S/C12H24N2O2/c1-10(15)9-13-6-7-14-12(16)8-11-4-2-3-5-11/h10-11,13,15H,2-9H2,1H3,(H,14,16). The lowest BCUT2D eigenvalue weighted by Crippen LogP contribution is -2.35. The van der Waals surface area contributed by atoms with E-state index in [4.69, 9.17) is 5.11 Å². The molecule has 0 radical (unpaired) electrons. The van der Waals surface area contributed by atoms with Crippen LogP contribution >= 0.6 is 0 Å². The van der Waals surface area contributed by atoms with Gasteiger partial charge in [-0.3, -0.25) is 4.79 Å². The lowest BCUT2D eigenvalue weighted by molar-refractivity contribution is -0.121. The Bertz CT molecular complexity index is 201. The van der Waals surface area contributed by atoms with Crippen LogP contribution in [0.2, 0.25) is 0 Å². The summed E-state index contributed by atoms with van der Waals surface area (Å²) in [4.78, 5) is 11.5. The minimum absolute atomic E-state index is 0.172. The van der Waals surface area contributed by atoms with Gasteiger partial charge in [-0.1, -0.05) is 12.8 Å². The topological polar surface area (TPSA) is 61.4 Å². The molecule has 1 fully saturated rings. The summed E-state index contributed by atoms with van der Waals surface area (Å²) < 4.78 is 0. The van der Waals surface area contributed by atoms with Gasteiger partial charge < -0.3 is 15.7 Å². The van der Waals surface area contributed by atoms with Crippen LogP contribution in [0, 0.1) is 5.92 Å². The van der Waals surface area contributed by atoms with Crippen LogP contribution in [-0.4, -0.2) is 36.8 Å². The van der Waals surface area contributed by atoms with Crippen molar-refractivity contribution in [3.8, 4) is 0 Å². The van der Waals surface area contributed by atoms with Crippen molar-refractivity contribution in [2.45, 2.75) is 45.1 Å². The minimum Gasteiger partial charge on any atom is -0.392 e. The molecule has 1 saturated carbocycles. The van der Waals surface area contributed by atoms with E-state index in [9.17, 15) is 4.79 Å². The third-order valence-electron chi connectivity index (χ3n) is 3.01. The first-order valence-electron chi connectivity index (χ1n) is 6.34. The van der Waals surface area contributed by atoms with Crippen molar-refractivity contribution in [3.05, 3.63) is 0 Å². The maximum Gasteiger partial charge on any atom is 0.220 e. The number of carbonyl (C=O) groups is 1. The number of hydrogen-bond acceptors (Lipinski definition) is 3. The average Bonchev–Trinajstić information content (AvgIpc) is 2.69. The van der Waals surface area contributed by atoms with Crippen LogP contribution in [0.4, 0.5) is 0 Å². The summed E-state index contributed by atoms with van der Waals surface area (Å²) in [6.07, 6.45) is 5.37. The Kier molecular flexibility index (Phi) is 6.42. The van der Waals surface area contributed by atoms with Crippen molar-refractivity contribution < 1.29 is 9.90 Å². The van der Waals surface area contributed by atoms with Crippen molar-refractivity contribution in [1.29, 1.82) is 0 Å². The van der Waals surface area contributed by atoms with Crippen LogP contribution in [0.5, 0.6) is 0 Å². The van der Waals surface area contributed by atoms with E-state index in [-0.39, 0.29) is 12.0 Å². The van der Waals surface area contributed by atoms with Gasteiger partial charge in [0.05, 0.1) is 6.10 Å². The monoisotopic (exact) mass is 228 g/mol. The molecule has 16 heavy (non-hydrogen) atoms. The van der Waals surface area contributed by atoms with Gasteiger partial charge in [0.1, 0.15) is 0 Å². The molecule has 1 aliphatic carbocycles. The van der Waals surface area contributed by atoms with Gasteiger partial charge >= 0.3 is 0 Å². The highest BCUT2D eigenvalue weighted by Crippen LogP contribution is 2.27. The van der Waals surface area contributed by atoms with E-state index in [1.165, 1.54) is 25.7 Å². The predicted octanol–water partition coefficient (Wildman–Crippen LogP) is 0.653. The average molecular weight is 228 g/mol. The van der Waals surface area contributed by atoms with Crippen molar-refractivity contribution in [1.82, 2.24) is 10.6 Å². The largest absolute Gasteiger partial charge is 0.392 e. The summed E-state index contributed by atoms with van der Waals surface area (Å²) in [5.74, 6) is 0.788. The molecule has 1 atom stereocenters. The first-order chi connectivity index (χ1) is 7.68. The Morgan fingerprint density at radius 1 is 1.38 bits per heavy atom. The highest BCUT2D eigenvalue weighted by atomic mass is 16.3. The maximum atomic E-state index is 11.5. The van der Waals surface area contributed by atoms with E-state index >= 15 is 0 Å². The summed E-state index contributed by atoms with van der Waals surface area (Å²) in [7, 11) is 0. The number of carbonyl (C=O) groups excluding carboxylic acids is 1. The van der Waals surface area contributed by atoms with E-state index in [0.717, 1.165) is 6.54 Å². The SMILES string of the molecule is CC(O)CNCCNC(=O)CC1CCCC1. The number of rotatable bonds is 7. The molecule has 0 aromatic carbocycles. The second-order valence-corrected chi connectivity index (χ2v) is 4.76. The molecule has 0 saturated heterocycles. The number of hydrogen-bond donors (Lipinski definition) is 3. The number of aliphatic hydroxyl groups excluding tert-OH is 1. The fourth-order valence-electron chi connectivity index (χ4n) is 2.15. The van der Waals surface area contributed by atoms with E-state index in [1.807, 2.05) is 0 Å². The fraction of sp³-hybridized carbons (Fsp3) is 0.917. The molecule has 1 aliphatic rings. The van der Waals surface area contributed by atoms with Crippen LogP contribution in [0.25, 0.3) is 0 Å². The van der Waals surface area contributed by atoms with E-state index in [2.05, 4.69) is 10.6 Å². The normalized spacial score (nSPS) is 18.6. The molecule has 4 heteroatoms. The van der Waals surface area contributed by atoms with E-state index in [1.54, 1.807) is 6.92 Å². The Morgan fingerprint density at radius 2 is 2.06 bits per heavy atom. The van der Waals surface area contributed by atoms with Crippen LogP contribution < -0.4 is 10.6 Å². The van der Waals surface area contributed by atoms with E-state index < -0.39 is 0 Å². The molecule has 94 valence electrons. The molecule has 0 bridgehead atoms. The van der Waals surface area contributed by atoms with Gasteiger partial charge in [-0.05, 0) is 25.7 Å². The van der Waals surface area contributed by atoms with E-state index in [0.29, 0.717) is 25.4 Å². The lowest BCUT2D eigenvalue weighted by atomic mass is 10.0. The molecule has 3 N–H and O–H groups in total. The Balaban J connectivity index is 1.93. The van der Waals surface area contributed by atoms with Crippen LogP contribution in [0.3, 0.4) is 0 Å². The van der Waals surface area contributed by atoms with Gasteiger partial charge in [-0.15, -0.1) is 0 Å². The van der Waals surface area contributed by atoms with Gasteiger partial charge in [0.25, 0.3) is 0 Å². The number of aliphatic hydroxyl groups is 1. The van der Waals surface area contributed by atoms with Gasteiger partial charge in [-0.2, -0.15) is 0 Å². The molecule has 0 aromatic heterocycles. The molecular weight excluding hydrogens is 204 g/mol. The van der Waals surface area contributed by atoms with Crippen LogP contribution in [0.15, 0.2) is 0 Å². The number of amides is 1. The zero-order valence-corrected chi connectivity index (χ0v) is 10.2. The first-order valence-corrected chi connectivity index (χ1v) is 6.34. The molecule has 4 nitrogen and oxygen atoms in total. The number of nitrogens with one attached hydrogen (secondary N) is 2. The third kappa shape index (κ3) is 6.08. The van der Waals surface area contributed by atoms with Gasteiger partial charge in [-0.25, -0.2) is 0 Å². The Morgan fingerprint density at radius 3 is 2.69 bits per heavy atom. The summed E-state index contributed by atoms with van der Waals surface area (Å²) >= 11 is 0. The maximum absolute atomic E-state index is 11.5. The summed E-state index contributed by atoms with van der Waals surface area (Å²) in [6.45, 7) is 3.70. The first kappa shape index (κ1) is 13.5. The van der Waals surface area contributed by atoms with Crippen molar-refractivity contribution in [3.63, 3.8) is 0 Å². The summed E-state index contributed by atoms with van der Waals surface area (Å²) in [5, 5.41) is 15.0. The van der Waals surface area contributed by atoms with Gasteiger partial charge in [0.2, 0.25) is 5.91 Å². The summed E-state index contributed by atoms with van der Waals surface area (Å²) in [6, 6.07) is 0. The molecule has 0 aliphatic heterocycles. The molecule has 1 rings (SSSR count). The second-order valence-electron chi connectivity index (χ2n) is 4.76. The minimum atomic E-state index is -0.325. The molecular formula is C12H24N2O2. The molecule has 0 spiro atoms. The van der Waals surface area contributed by atoms with Crippen LogP contribution in [0.1, 0.15) is 39.0 Å². The highest BCUT2D eigenvalue weighted by Gasteiger charge is 2.17. The quantitative estimate of drug-likeness (QED) is 0.561. The Labute approximate surface area is 97.8 Å². The van der Waals surface area contributed by atoms with Gasteiger partial charge in [0.15, 0.2) is 0 Å². The smallest absolute Gasteiger partial charge is 0.220 e. The predicted molar refractivity (Wildman–Crippen MR) is 64.1 cm³/mol. The van der Waals surface area contributed by atoms with Crippen molar-refractivity contribution in [2.24, 2.45) is 5.92 Å². The Hall–Kier alpha value is -0.610. The highest BCUT2D eigenvalue weighted by molar-refractivity contribution is 5.76. The molecule has 0 aromatic rings. The second kappa shape index (κ2) is 7.63. The summed E-state index contributed by atoms with van der Waals surface area (Å²) in [5.41, 5.74) is 0. The molecule has 1 amide bonds. The lowest BCUT2D eigenvalue weighted by Gasteiger charge is -2.10.